The van der Waals surface area contributed by atoms with E-state index in [4.69, 9.17) is 5.11 Å². The summed E-state index contributed by atoms with van der Waals surface area (Å²) < 4.78 is 0. The lowest BCUT2D eigenvalue weighted by molar-refractivity contribution is 0.339. The molecule has 1 rings (SSSR count). The first-order valence-electron chi connectivity index (χ1n) is 4.67. The molecule has 1 N–H and O–H groups in total. The van der Waals surface area contributed by atoms with Gasteiger partial charge in [0.15, 0.2) is 0 Å². The van der Waals surface area contributed by atoms with Gasteiger partial charge in [0, 0.05) is 0 Å². The molecule has 0 heterocycles. The molecule has 0 fully saturated rings. The van der Waals surface area contributed by atoms with Gasteiger partial charge < -0.3 is 5.11 Å². The molecular formula is C11H18O. The maximum atomic E-state index is 8.74. The molecule has 0 aromatic carbocycles. The van der Waals surface area contributed by atoms with Gasteiger partial charge in [-0.3, -0.25) is 0 Å². The van der Waals surface area contributed by atoms with Gasteiger partial charge in [-0.2, -0.15) is 0 Å². The van der Waals surface area contributed by atoms with Crippen LogP contribution >= 0.6 is 0 Å². The molecule has 0 saturated carbocycles. The van der Waals surface area contributed by atoms with Crippen molar-refractivity contribution in [3.05, 3.63) is 23.3 Å². The van der Waals surface area contributed by atoms with Gasteiger partial charge >= 0.3 is 0 Å². The molecule has 0 saturated heterocycles. The van der Waals surface area contributed by atoms with Gasteiger partial charge in [-0.15, -0.1) is 0 Å². The van der Waals surface area contributed by atoms with Gasteiger partial charge in [0.05, 0.1) is 6.61 Å². The Hall–Kier alpha value is -0.560. The lowest BCUT2D eigenvalue weighted by Crippen LogP contribution is -2.07. The maximum Gasteiger partial charge on any atom is 0.0615 e. The predicted molar refractivity (Wildman–Crippen MR) is 51.9 cm³/mol. The summed E-state index contributed by atoms with van der Waals surface area (Å²) in [4.78, 5) is 0. The lowest BCUT2D eigenvalue weighted by Gasteiger charge is -2.21. The molecule has 0 radical (unpaired) electrons. The van der Waals surface area contributed by atoms with E-state index in [9.17, 15) is 0 Å². The smallest absolute Gasteiger partial charge is 0.0615 e. The van der Waals surface area contributed by atoms with Crippen molar-refractivity contribution >= 4 is 0 Å². The fourth-order valence-corrected chi connectivity index (χ4v) is 1.80. The van der Waals surface area contributed by atoms with Crippen molar-refractivity contribution in [2.24, 2.45) is 5.92 Å². The number of hydrogen-bond donors (Lipinski definition) is 1. The molecule has 1 nitrogen and oxygen atoms in total. The second kappa shape index (κ2) is 4.46. The van der Waals surface area contributed by atoms with Gasteiger partial charge in [0.2, 0.25) is 0 Å². The highest BCUT2D eigenvalue weighted by Gasteiger charge is 2.13. The standard InChI is InChI=1S/C11H18O/c1-9-4-3-5-11(8-9)10(2)6-7-12/h4,6,11-12H,3,5,7-8H2,1-2H3. The van der Waals surface area contributed by atoms with Crippen molar-refractivity contribution in [1.82, 2.24) is 0 Å². The molecule has 1 atom stereocenters. The molecule has 0 aromatic rings. The quantitative estimate of drug-likeness (QED) is 0.625. The first-order chi connectivity index (χ1) is 5.74. The van der Waals surface area contributed by atoms with Crippen LogP contribution in [0.15, 0.2) is 23.3 Å². The average molecular weight is 166 g/mol. The zero-order valence-corrected chi connectivity index (χ0v) is 8.01. The SMILES string of the molecule is CC1=CCCC(C(C)=CCO)C1. The van der Waals surface area contributed by atoms with Crippen LogP contribution in [-0.4, -0.2) is 11.7 Å². The Labute approximate surface area is 74.8 Å². The Kier molecular flexibility index (Phi) is 3.54. The Bertz CT molecular complexity index is 201. The molecule has 0 amide bonds. The minimum absolute atomic E-state index is 0.186. The molecule has 0 bridgehead atoms. The summed E-state index contributed by atoms with van der Waals surface area (Å²) in [5.74, 6) is 0.683. The first kappa shape index (κ1) is 9.53. The number of rotatable bonds is 2. The van der Waals surface area contributed by atoms with E-state index in [1.165, 1.54) is 30.4 Å². The van der Waals surface area contributed by atoms with Crippen LogP contribution in [0, 0.1) is 5.92 Å². The molecule has 1 aliphatic rings. The van der Waals surface area contributed by atoms with Crippen LogP contribution in [0.4, 0.5) is 0 Å². The number of hydrogen-bond acceptors (Lipinski definition) is 1. The highest BCUT2D eigenvalue weighted by molar-refractivity contribution is 5.13. The van der Waals surface area contributed by atoms with Crippen molar-refractivity contribution in [2.45, 2.75) is 33.1 Å². The summed E-state index contributed by atoms with van der Waals surface area (Å²) in [5.41, 5.74) is 2.85. The summed E-state index contributed by atoms with van der Waals surface area (Å²) in [6.07, 6.45) is 7.89. The number of aliphatic hydroxyl groups excluding tert-OH is 1. The van der Waals surface area contributed by atoms with E-state index in [1.54, 1.807) is 0 Å². The fourth-order valence-electron chi connectivity index (χ4n) is 1.80. The molecule has 1 aliphatic carbocycles. The topological polar surface area (TPSA) is 20.2 Å². The summed E-state index contributed by atoms with van der Waals surface area (Å²) >= 11 is 0. The second-order valence-electron chi connectivity index (χ2n) is 3.66. The van der Waals surface area contributed by atoms with Gasteiger partial charge in [-0.1, -0.05) is 23.3 Å². The summed E-state index contributed by atoms with van der Waals surface area (Å²) in [6, 6.07) is 0. The van der Waals surface area contributed by atoms with Crippen LogP contribution in [0.5, 0.6) is 0 Å². The minimum atomic E-state index is 0.186. The first-order valence-corrected chi connectivity index (χ1v) is 4.67. The highest BCUT2D eigenvalue weighted by Crippen LogP contribution is 2.28. The van der Waals surface area contributed by atoms with Crippen LogP contribution in [0.25, 0.3) is 0 Å². The third kappa shape index (κ3) is 2.49. The van der Waals surface area contributed by atoms with Gasteiger partial charge in [-0.25, -0.2) is 0 Å². The molecule has 0 spiro atoms. The van der Waals surface area contributed by atoms with E-state index in [0.717, 1.165) is 0 Å². The van der Waals surface area contributed by atoms with Crippen LogP contribution in [0.2, 0.25) is 0 Å². The van der Waals surface area contributed by atoms with Gasteiger partial charge in [0.1, 0.15) is 0 Å². The fraction of sp³-hybridized carbons (Fsp3) is 0.636. The van der Waals surface area contributed by atoms with Crippen molar-refractivity contribution in [2.75, 3.05) is 6.61 Å². The van der Waals surface area contributed by atoms with E-state index in [0.29, 0.717) is 5.92 Å². The number of aliphatic hydroxyl groups is 1. The van der Waals surface area contributed by atoms with Crippen LogP contribution in [0.1, 0.15) is 33.1 Å². The Morgan fingerprint density at radius 1 is 1.75 bits per heavy atom. The predicted octanol–water partition coefficient (Wildman–Crippen LogP) is 2.67. The van der Waals surface area contributed by atoms with E-state index in [2.05, 4.69) is 19.9 Å². The lowest BCUT2D eigenvalue weighted by atomic mass is 9.84. The third-order valence-electron chi connectivity index (χ3n) is 2.63. The summed E-state index contributed by atoms with van der Waals surface area (Å²) in [7, 11) is 0. The zero-order valence-electron chi connectivity index (χ0n) is 8.01. The highest BCUT2D eigenvalue weighted by atomic mass is 16.2. The van der Waals surface area contributed by atoms with Crippen LogP contribution in [-0.2, 0) is 0 Å². The largest absolute Gasteiger partial charge is 0.392 e. The molecule has 0 aliphatic heterocycles. The monoisotopic (exact) mass is 166 g/mol. The Morgan fingerprint density at radius 3 is 3.08 bits per heavy atom. The molecular weight excluding hydrogens is 148 g/mol. The Balaban J connectivity index is 2.54. The van der Waals surface area contributed by atoms with E-state index < -0.39 is 0 Å². The minimum Gasteiger partial charge on any atom is -0.392 e. The molecule has 12 heavy (non-hydrogen) atoms. The molecule has 68 valence electrons. The van der Waals surface area contributed by atoms with Crippen LogP contribution in [0.3, 0.4) is 0 Å². The van der Waals surface area contributed by atoms with Crippen LogP contribution < -0.4 is 0 Å². The summed E-state index contributed by atoms with van der Waals surface area (Å²) in [5, 5.41) is 8.74. The zero-order chi connectivity index (χ0) is 8.97. The normalized spacial score (nSPS) is 25.4. The molecule has 0 aromatic heterocycles. The third-order valence-corrected chi connectivity index (χ3v) is 2.63. The van der Waals surface area contributed by atoms with Crippen molar-refractivity contribution in [3.63, 3.8) is 0 Å². The van der Waals surface area contributed by atoms with E-state index in [1.807, 2.05) is 6.08 Å². The molecule has 1 unspecified atom stereocenters. The van der Waals surface area contributed by atoms with Gasteiger partial charge in [0.25, 0.3) is 0 Å². The van der Waals surface area contributed by atoms with E-state index >= 15 is 0 Å². The average Bonchev–Trinajstić information content (AvgIpc) is 2.05. The van der Waals surface area contributed by atoms with Crippen molar-refractivity contribution in [1.29, 1.82) is 0 Å². The van der Waals surface area contributed by atoms with Crippen molar-refractivity contribution in [3.8, 4) is 0 Å². The van der Waals surface area contributed by atoms with Gasteiger partial charge in [-0.05, 0) is 39.0 Å². The second-order valence-corrected chi connectivity index (χ2v) is 3.66. The number of allylic oxidation sites excluding steroid dienone is 3. The Morgan fingerprint density at radius 2 is 2.50 bits per heavy atom. The summed E-state index contributed by atoms with van der Waals surface area (Å²) in [6.45, 7) is 4.50. The van der Waals surface area contributed by atoms with E-state index in [-0.39, 0.29) is 6.61 Å². The van der Waals surface area contributed by atoms with Crippen molar-refractivity contribution < 1.29 is 5.11 Å². The maximum absolute atomic E-state index is 8.74. The molecule has 1 heteroatoms.